The van der Waals surface area contributed by atoms with Gasteiger partial charge in [-0.15, -0.1) is 0 Å². The maximum Gasteiger partial charge on any atom is 0.416 e. The zero-order chi connectivity index (χ0) is 28.0. The number of hydrogen-bond donors (Lipinski definition) is 1. The maximum atomic E-state index is 13.9. The molecule has 2 N–H and O–H groups in total. The van der Waals surface area contributed by atoms with Crippen molar-refractivity contribution in [2.75, 3.05) is 0 Å². The number of alkyl halides is 6. The van der Waals surface area contributed by atoms with E-state index in [1.807, 2.05) is 25.1 Å². The summed E-state index contributed by atoms with van der Waals surface area (Å²) in [5.41, 5.74) is 5.18. The molecule has 4 nitrogen and oxygen atoms in total. The summed E-state index contributed by atoms with van der Waals surface area (Å²) in [6, 6.07) is 6.06. The predicted octanol–water partition coefficient (Wildman–Crippen LogP) is 7.91. The molecule has 0 bridgehead atoms. The van der Waals surface area contributed by atoms with Gasteiger partial charge in [-0.1, -0.05) is 30.7 Å². The first-order chi connectivity index (χ1) is 17.7. The van der Waals surface area contributed by atoms with Crippen LogP contribution >= 0.6 is 0 Å². The molecule has 0 spiro atoms. The number of aryl methyl sites for hydroxylation is 1. The molecule has 1 aliphatic carbocycles. The lowest BCUT2D eigenvalue weighted by atomic mass is 9.82. The van der Waals surface area contributed by atoms with Crippen molar-refractivity contribution >= 4 is 6.09 Å². The second-order valence-corrected chi connectivity index (χ2v) is 9.82. The summed E-state index contributed by atoms with van der Waals surface area (Å²) in [5, 5.41) is 0. The first-order valence-corrected chi connectivity index (χ1v) is 12.2. The van der Waals surface area contributed by atoms with Gasteiger partial charge in [0.2, 0.25) is 0 Å². The lowest BCUT2D eigenvalue weighted by Gasteiger charge is -2.28. The van der Waals surface area contributed by atoms with Gasteiger partial charge in [0.1, 0.15) is 11.9 Å². The summed E-state index contributed by atoms with van der Waals surface area (Å²) >= 11 is 0. The molecule has 4 rings (SSSR count). The standard InChI is InChI=1S/C27H27F7N2O2/c1-3-23-24(16-9-18(26(29,30)31)12-19(10-16)27(32,33)34)38-25(37)36(23)13-17-8-14(2)4-6-20(17)15-5-7-21(28)22(35)11-15/h4,6,8-10,12,15,23-24H,3,5,7,11,13,35H2,1-2H3/t15?,23-,24?/m0/s1. The van der Waals surface area contributed by atoms with Crippen molar-refractivity contribution in [2.24, 2.45) is 5.73 Å². The van der Waals surface area contributed by atoms with E-state index in [1.54, 1.807) is 6.92 Å². The number of hydrogen-bond acceptors (Lipinski definition) is 3. The number of rotatable bonds is 5. The molecule has 3 atom stereocenters. The minimum absolute atomic E-state index is 0.0263. The van der Waals surface area contributed by atoms with Gasteiger partial charge in [-0.2, -0.15) is 26.3 Å². The molecule has 1 saturated heterocycles. The van der Waals surface area contributed by atoms with Gasteiger partial charge in [0.15, 0.2) is 0 Å². The summed E-state index contributed by atoms with van der Waals surface area (Å²) in [4.78, 5) is 14.3. The molecule has 0 aromatic heterocycles. The highest BCUT2D eigenvalue weighted by Crippen LogP contribution is 2.43. The van der Waals surface area contributed by atoms with E-state index < -0.39 is 41.7 Å². The molecule has 1 fully saturated rings. The van der Waals surface area contributed by atoms with E-state index in [0.717, 1.165) is 16.7 Å². The Morgan fingerprint density at radius 2 is 1.66 bits per heavy atom. The molecular weight excluding hydrogens is 517 g/mol. The largest absolute Gasteiger partial charge is 0.439 e. The third-order valence-corrected chi connectivity index (χ3v) is 7.17. The number of carbonyl (C=O) groups is 1. The maximum absolute atomic E-state index is 13.9. The van der Waals surface area contributed by atoms with Gasteiger partial charge in [0.05, 0.1) is 17.2 Å². The van der Waals surface area contributed by atoms with E-state index in [1.165, 1.54) is 4.90 Å². The van der Waals surface area contributed by atoms with Gasteiger partial charge in [0.25, 0.3) is 0 Å². The molecule has 2 unspecified atom stereocenters. The van der Waals surface area contributed by atoms with Crippen molar-refractivity contribution in [3.63, 3.8) is 0 Å². The van der Waals surface area contributed by atoms with Crippen molar-refractivity contribution in [3.05, 3.63) is 81.3 Å². The number of cyclic esters (lactones) is 1. The summed E-state index contributed by atoms with van der Waals surface area (Å²) in [5.74, 6) is -0.441. The molecule has 2 aliphatic rings. The molecule has 1 aliphatic heterocycles. The molecular formula is C27H27F7N2O2. The van der Waals surface area contributed by atoms with Crippen LogP contribution in [0.5, 0.6) is 0 Å². The van der Waals surface area contributed by atoms with Gasteiger partial charge in [0, 0.05) is 18.7 Å². The van der Waals surface area contributed by atoms with Crippen LogP contribution in [0.2, 0.25) is 0 Å². The quantitative estimate of drug-likeness (QED) is 0.389. The number of carbonyl (C=O) groups excluding carboxylic acids is 1. The first-order valence-electron chi connectivity index (χ1n) is 12.2. The lowest BCUT2D eigenvalue weighted by molar-refractivity contribution is -0.143. The number of amides is 1. The van der Waals surface area contributed by atoms with Crippen LogP contribution in [0.15, 0.2) is 47.9 Å². The van der Waals surface area contributed by atoms with E-state index in [9.17, 15) is 35.5 Å². The Kier molecular flexibility index (Phi) is 7.42. The summed E-state index contributed by atoms with van der Waals surface area (Å²) < 4.78 is 99.8. The zero-order valence-electron chi connectivity index (χ0n) is 20.7. The fraction of sp³-hybridized carbons (Fsp3) is 0.444. The number of nitrogens with zero attached hydrogens (tertiary/aromatic N) is 1. The van der Waals surface area contributed by atoms with E-state index in [4.69, 9.17) is 10.5 Å². The third-order valence-electron chi connectivity index (χ3n) is 7.17. The van der Waals surface area contributed by atoms with Crippen LogP contribution in [0, 0.1) is 6.92 Å². The second-order valence-electron chi connectivity index (χ2n) is 9.82. The molecule has 1 amide bonds. The number of allylic oxidation sites excluding steroid dienone is 2. The number of halogens is 7. The van der Waals surface area contributed by atoms with E-state index in [0.29, 0.717) is 25.0 Å². The van der Waals surface area contributed by atoms with Crippen LogP contribution < -0.4 is 5.73 Å². The molecule has 2 aromatic rings. The zero-order valence-corrected chi connectivity index (χ0v) is 20.7. The molecule has 38 heavy (non-hydrogen) atoms. The lowest BCUT2D eigenvalue weighted by Crippen LogP contribution is -2.34. The van der Waals surface area contributed by atoms with Crippen LogP contribution in [0.3, 0.4) is 0 Å². The van der Waals surface area contributed by atoms with Crippen LogP contribution in [-0.4, -0.2) is 17.0 Å². The number of nitrogens with two attached hydrogens (primary N) is 1. The Balaban J connectivity index is 1.69. The monoisotopic (exact) mass is 544 g/mol. The Morgan fingerprint density at radius 3 is 2.21 bits per heavy atom. The van der Waals surface area contributed by atoms with E-state index >= 15 is 0 Å². The second kappa shape index (κ2) is 10.1. The molecule has 206 valence electrons. The minimum Gasteiger partial charge on any atom is -0.439 e. The highest BCUT2D eigenvalue weighted by atomic mass is 19.4. The van der Waals surface area contributed by atoms with Gasteiger partial charge in [-0.05, 0) is 67.0 Å². The Hall–Kier alpha value is -3.24. The first kappa shape index (κ1) is 27.8. The minimum atomic E-state index is -5.02. The van der Waals surface area contributed by atoms with Gasteiger partial charge >= 0.3 is 18.4 Å². The summed E-state index contributed by atoms with van der Waals surface area (Å²) in [6.07, 6.45) is -11.0. The van der Waals surface area contributed by atoms with Crippen molar-refractivity contribution in [1.82, 2.24) is 4.90 Å². The molecule has 2 aromatic carbocycles. The molecule has 0 radical (unpaired) electrons. The topological polar surface area (TPSA) is 55.6 Å². The fourth-order valence-corrected chi connectivity index (χ4v) is 5.26. The average Bonchev–Trinajstić information content (AvgIpc) is 3.14. The Bertz CT molecular complexity index is 1220. The summed E-state index contributed by atoms with van der Waals surface area (Å²) in [7, 11) is 0. The normalized spacial score (nSPS) is 22.7. The SMILES string of the molecule is CC[C@H]1C(c2cc(C(F)(F)F)cc(C(F)(F)F)c2)OC(=O)N1Cc1cc(C)ccc1C1CCC(F)=C(N)C1. The van der Waals surface area contributed by atoms with E-state index in [2.05, 4.69) is 0 Å². The van der Waals surface area contributed by atoms with Crippen molar-refractivity contribution in [3.8, 4) is 0 Å². The van der Waals surface area contributed by atoms with Crippen LogP contribution in [0.25, 0.3) is 0 Å². The third kappa shape index (κ3) is 5.61. The molecule has 1 heterocycles. The summed E-state index contributed by atoms with van der Waals surface area (Å²) in [6.45, 7) is 3.56. The molecule has 0 saturated carbocycles. The smallest absolute Gasteiger partial charge is 0.416 e. The van der Waals surface area contributed by atoms with Gasteiger partial charge in [-0.3, -0.25) is 4.90 Å². The number of benzene rings is 2. The highest BCUT2D eigenvalue weighted by Gasteiger charge is 2.44. The van der Waals surface area contributed by atoms with Crippen molar-refractivity contribution in [2.45, 2.75) is 76.5 Å². The fourth-order valence-electron chi connectivity index (χ4n) is 5.26. The Labute approximate surface area is 215 Å². The van der Waals surface area contributed by atoms with E-state index in [-0.39, 0.29) is 48.5 Å². The van der Waals surface area contributed by atoms with Gasteiger partial charge < -0.3 is 10.5 Å². The predicted molar refractivity (Wildman–Crippen MR) is 125 cm³/mol. The van der Waals surface area contributed by atoms with Crippen LogP contribution in [0.4, 0.5) is 35.5 Å². The number of ether oxygens (including phenoxy) is 1. The van der Waals surface area contributed by atoms with Crippen LogP contribution in [-0.2, 0) is 23.6 Å². The highest BCUT2D eigenvalue weighted by molar-refractivity contribution is 5.71. The Morgan fingerprint density at radius 1 is 1.03 bits per heavy atom. The van der Waals surface area contributed by atoms with Crippen molar-refractivity contribution < 1.29 is 40.3 Å². The van der Waals surface area contributed by atoms with Crippen LogP contribution in [0.1, 0.15) is 78.0 Å². The van der Waals surface area contributed by atoms with Crippen molar-refractivity contribution in [1.29, 1.82) is 0 Å². The van der Waals surface area contributed by atoms with Gasteiger partial charge in [-0.25, -0.2) is 9.18 Å². The molecule has 11 heteroatoms. The average molecular weight is 545 g/mol.